The fourth-order valence-corrected chi connectivity index (χ4v) is 3.03. The first kappa shape index (κ1) is 13.0. The van der Waals surface area contributed by atoms with Crippen LogP contribution in [0.4, 0.5) is 0 Å². The van der Waals surface area contributed by atoms with E-state index in [1.165, 1.54) is 0 Å². The van der Waals surface area contributed by atoms with Crippen LogP contribution in [-0.4, -0.2) is 14.8 Å². The maximum absolute atomic E-state index is 6.03. The Balaban J connectivity index is 2.03. The van der Waals surface area contributed by atoms with Crippen molar-refractivity contribution in [2.75, 3.05) is 0 Å². The standard InChI is InChI=1S/C15H16N4S/c1-10(16)15-14(18-11(2)20-15)12-8-17-19(9-12)13-6-4-3-5-7-13/h3-10H,16H2,1-2H3. The van der Waals surface area contributed by atoms with Gasteiger partial charge in [0.15, 0.2) is 0 Å². The Bertz CT molecular complexity index is 713. The summed E-state index contributed by atoms with van der Waals surface area (Å²) in [5, 5.41) is 5.44. The summed E-state index contributed by atoms with van der Waals surface area (Å²) in [6.45, 7) is 3.99. The van der Waals surface area contributed by atoms with E-state index in [0.717, 1.165) is 26.8 Å². The third kappa shape index (κ3) is 2.37. The minimum Gasteiger partial charge on any atom is -0.323 e. The first-order chi connectivity index (χ1) is 9.65. The Morgan fingerprint density at radius 1 is 1.25 bits per heavy atom. The summed E-state index contributed by atoms with van der Waals surface area (Å²) in [5.41, 5.74) is 9.02. The molecule has 0 bridgehead atoms. The molecule has 4 nitrogen and oxygen atoms in total. The third-order valence-electron chi connectivity index (χ3n) is 3.05. The molecule has 2 heterocycles. The van der Waals surface area contributed by atoms with Crippen LogP contribution in [0.5, 0.6) is 0 Å². The van der Waals surface area contributed by atoms with E-state index in [1.54, 1.807) is 11.3 Å². The minimum absolute atomic E-state index is 0.0173. The Morgan fingerprint density at radius 3 is 2.70 bits per heavy atom. The van der Waals surface area contributed by atoms with Crippen LogP contribution in [-0.2, 0) is 0 Å². The fourth-order valence-electron chi connectivity index (χ4n) is 2.13. The number of rotatable bonds is 3. The van der Waals surface area contributed by atoms with Gasteiger partial charge < -0.3 is 5.73 Å². The van der Waals surface area contributed by atoms with Crippen LogP contribution in [0.3, 0.4) is 0 Å². The molecule has 0 aliphatic carbocycles. The van der Waals surface area contributed by atoms with Crippen LogP contribution in [0.2, 0.25) is 0 Å². The van der Waals surface area contributed by atoms with Crippen molar-refractivity contribution in [2.45, 2.75) is 19.9 Å². The first-order valence-electron chi connectivity index (χ1n) is 6.48. The second-order valence-corrected chi connectivity index (χ2v) is 5.98. The molecule has 3 rings (SSSR count). The lowest BCUT2D eigenvalue weighted by Crippen LogP contribution is -2.03. The first-order valence-corrected chi connectivity index (χ1v) is 7.30. The number of aromatic nitrogens is 3. The number of hydrogen-bond acceptors (Lipinski definition) is 4. The maximum atomic E-state index is 6.03. The average molecular weight is 284 g/mol. The molecule has 0 spiro atoms. The van der Waals surface area contributed by atoms with E-state index in [1.807, 2.05) is 61.3 Å². The molecule has 20 heavy (non-hydrogen) atoms. The van der Waals surface area contributed by atoms with Crippen LogP contribution in [0.15, 0.2) is 42.7 Å². The number of hydrogen-bond donors (Lipinski definition) is 1. The van der Waals surface area contributed by atoms with Gasteiger partial charge in [-0.25, -0.2) is 9.67 Å². The second kappa shape index (κ2) is 5.19. The number of aryl methyl sites for hydroxylation is 1. The monoisotopic (exact) mass is 284 g/mol. The second-order valence-electron chi connectivity index (χ2n) is 4.74. The molecule has 1 unspecified atom stereocenters. The molecule has 3 aromatic rings. The molecule has 0 fully saturated rings. The number of para-hydroxylation sites is 1. The fraction of sp³-hybridized carbons (Fsp3) is 0.200. The molecule has 0 saturated heterocycles. The van der Waals surface area contributed by atoms with Gasteiger partial charge in [0.25, 0.3) is 0 Å². The number of nitrogens with zero attached hydrogens (tertiary/aromatic N) is 3. The molecular formula is C15H16N4S. The lowest BCUT2D eigenvalue weighted by molar-refractivity contribution is 0.837. The zero-order chi connectivity index (χ0) is 14.1. The molecule has 0 aliphatic rings. The molecule has 102 valence electrons. The Hall–Kier alpha value is -1.98. The van der Waals surface area contributed by atoms with Crippen molar-refractivity contribution < 1.29 is 0 Å². The molecule has 0 saturated carbocycles. The SMILES string of the molecule is Cc1nc(-c2cnn(-c3ccccc3)c2)c(C(C)N)s1. The zero-order valence-electron chi connectivity index (χ0n) is 11.4. The van der Waals surface area contributed by atoms with Gasteiger partial charge in [0, 0.05) is 22.7 Å². The van der Waals surface area contributed by atoms with Crippen molar-refractivity contribution in [3.05, 3.63) is 52.6 Å². The highest BCUT2D eigenvalue weighted by Crippen LogP contribution is 2.31. The molecule has 5 heteroatoms. The highest BCUT2D eigenvalue weighted by Gasteiger charge is 2.16. The number of benzene rings is 1. The molecular weight excluding hydrogens is 268 g/mol. The van der Waals surface area contributed by atoms with E-state index in [-0.39, 0.29) is 6.04 Å². The molecule has 1 aromatic carbocycles. The van der Waals surface area contributed by atoms with Gasteiger partial charge in [0.1, 0.15) is 0 Å². The van der Waals surface area contributed by atoms with Gasteiger partial charge in [-0.1, -0.05) is 18.2 Å². The van der Waals surface area contributed by atoms with Crippen LogP contribution < -0.4 is 5.73 Å². The van der Waals surface area contributed by atoms with Crippen LogP contribution in [0.1, 0.15) is 22.9 Å². The van der Waals surface area contributed by atoms with Crippen molar-refractivity contribution >= 4 is 11.3 Å². The summed E-state index contributed by atoms with van der Waals surface area (Å²) >= 11 is 1.65. The summed E-state index contributed by atoms with van der Waals surface area (Å²) in [6.07, 6.45) is 3.84. The quantitative estimate of drug-likeness (QED) is 0.802. The smallest absolute Gasteiger partial charge is 0.0905 e. The Labute approximate surface area is 121 Å². The van der Waals surface area contributed by atoms with Gasteiger partial charge in [-0.2, -0.15) is 5.10 Å². The van der Waals surface area contributed by atoms with Gasteiger partial charge >= 0.3 is 0 Å². The van der Waals surface area contributed by atoms with E-state index < -0.39 is 0 Å². The van der Waals surface area contributed by atoms with Crippen molar-refractivity contribution in [1.82, 2.24) is 14.8 Å². The average Bonchev–Trinajstić information content (AvgIpc) is 3.06. The highest BCUT2D eigenvalue weighted by molar-refractivity contribution is 7.12. The van der Waals surface area contributed by atoms with Crippen LogP contribution in [0, 0.1) is 6.92 Å². The summed E-state index contributed by atoms with van der Waals surface area (Å²) in [7, 11) is 0. The predicted molar refractivity (Wildman–Crippen MR) is 82.0 cm³/mol. The van der Waals surface area contributed by atoms with Crippen molar-refractivity contribution in [2.24, 2.45) is 5.73 Å². The van der Waals surface area contributed by atoms with Gasteiger partial charge in [0.2, 0.25) is 0 Å². The highest BCUT2D eigenvalue weighted by atomic mass is 32.1. The van der Waals surface area contributed by atoms with Gasteiger partial charge in [-0.3, -0.25) is 0 Å². The predicted octanol–water partition coefficient (Wildman–Crippen LogP) is 3.32. The molecule has 0 aliphatic heterocycles. The molecule has 0 amide bonds. The topological polar surface area (TPSA) is 56.7 Å². The zero-order valence-corrected chi connectivity index (χ0v) is 12.3. The summed E-state index contributed by atoms with van der Waals surface area (Å²) < 4.78 is 1.86. The van der Waals surface area contributed by atoms with E-state index in [9.17, 15) is 0 Å². The number of thiazole rings is 1. The lowest BCUT2D eigenvalue weighted by Gasteiger charge is -2.03. The molecule has 2 aromatic heterocycles. The third-order valence-corrected chi connectivity index (χ3v) is 4.22. The maximum Gasteiger partial charge on any atom is 0.0905 e. The van der Waals surface area contributed by atoms with Crippen molar-refractivity contribution in [1.29, 1.82) is 0 Å². The van der Waals surface area contributed by atoms with E-state index in [4.69, 9.17) is 5.73 Å². The molecule has 1 atom stereocenters. The van der Waals surface area contributed by atoms with E-state index in [0.29, 0.717) is 0 Å². The summed E-state index contributed by atoms with van der Waals surface area (Å²) in [4.78, 5) is 5.70. The van der Waals surface area contributed by atoms with Gasteiger partial charge in [-0.05, 0) is 26.0 Å². The van der Waals surface area contributed by atoms with Crippen molar-refractivity contribution in [3.8, 4) is 16.9 Å². The molecule has 0 radical (unpaired) electrons. The van der Waals surface area contributed by atoms with E-state index in [2.05, 4.69) is 10.1 Å². The Kier molecular flexibility index (Phi) is 3.38. The molecule has 2 N–H and O–H groups in total. The van der Waals surface area contributed by atoms with E-state index >= 15 is 0 Å². The van der Waals surface area contributed by atoms with Crippen molar-refractivity contribution in [3.63, 3.8) is 0 Å². The van der Waals surface area contributed by atoms with Gasteiger partial charge in [-0.15, -0.1) is 11.3 Å². The summed E-state index contributed by atoms with van der Waals surface area (Å²) in [6, 6.07) is 10.0. The van der Waals surface area contributed by atoms with Crippen LogP contribution in [0.25, 0.3) is 16.9 Å². The largest absolute Gasteiger partial charge is 0.323 e. The Morgan fingerprint density at radius 2 is 2.00 bits per heavy atom. The summed E-state index contributed by atoms with van der Waals surface area (Å²) in [5.74, 6) is 0. The van der Waals surface area contributed by atoms with Crippen LogP contribution >= 0.6 is 11.3 Å². The minimum atomic E-state index is -0.0173. The number of nitrogens with two attached hydrogens (primary N) is 1. The normalized spacial score (nSPS) is 12.6. The lowest BCUT2D eigenvalue weighted by atomic mass is 10.1. The van der Waals surface area contributed by atoms with Gasteiger partial charge in [0.05, 0.1) is 22.6 Å².